The van der Waals surface area contributed by atoms with E-state index in [0.717, 1.165) is 26.4 Å². The van der Waals surface area contributed by atoms with Gasteiger partial charge < -0.3 is 5.11 Å². The van der Waals surface area contributed by atoms with Crippen LogP contribution >= 0.6 is 0 Å². The Morgan fingerprint density at radius 1 is 1.27 bits per heavy atom. The molecule has 1 saturated heterocycles. The van der Waals surface area contributed by atoms with Crippen LogP contribution in [0.2, 0.25) is 0 Å². The van der Waals surface area contributed by atoms with Gasteiger partial charge in [-0.2, -0.15) is 0 Å². The van der Waals surface area contributed by atoms with Crippen LogP contribution in [-0.2, 0) is 10.2 Å². The SMILES string of the molecule is CC(=O)O.C[C@H]1C(c2ccc(C(C)(C)C)cc2)CCN1C1N=CCCN1. The highest BCUT2D eigenvalue weighted by atomic mass is 16.4. The molecule has 1 aromatic carbocycles. The van der Waals surface area contributed by atoms with Crippen molar-refractivity contribution < 1.29 is 9.90 Å². The van der Waals surface area contributed by atoms with Gasteiger partial charge in [-0.15, -0.1) is 0 Å². The number of carboxylic acid groups (broad SMARTS) is 1. The van der Waals surface area contributed by atoms with Crippen LogP contribution in [0.15, 0.2) is 29.3 Å². The molecule has 144 valence electrons. The van der Waals surface area contributed by atoms with Gasteiger partial charge in [-0.25, -0.2) is 0 Å². The number of aliphatic carboxylic acids is 1. The standard InChI is InChI=1S/C19H29N3.C2H4O2/c1-14-17(10-13-22(14)18-20-11-5-12-21-18)15-6-8-16(9-7-15)19(2,3)4;1-2(3)4/h6-9,11,14,17-18,21H,5,10,12-13H2,1-4H3;1H3,(H,3,4)/t14-,17?,18?;/m0./s1. The summed E-state index contributed by atoms with van der Waals surface area (Å²) in [6, 6.07) is 9.82. The average Bonchev–Trinajstić information content (AvgIpc) is 2.96. The predicted molar refractivity (Wildman–Crippen MR) is 107 cm³/mol. The van der Waals surface area contributed by atoms with Crippen LogP contribution in [0.4, 0.5) is 0 Å². The molecule has 0 aromatic heterocycles. The van der Waals surface area contributed by atoms with Crippen molar-refractivity contribution in [3.63, 3.8) is 0 Å². The van der Waals surface area contributed by atoms with Gasteiger partial charge in [0, 0.05) is 38.2 Å². The summed E-state index contributed by atoms with van der Waals surface area (Å²) in [5.74, 6) is -0.215. The van der Waals surface area contributed by atoms with E-state index in [1.165, 1.54) is 17.5 Å². The lowest BCUT2D eigenvalue weighted by molar-refractivity contribution is -0.134. The number of aliphatic imine (C=N–C) groups is 1. The zero-order valence-corrected chi connectivity index (χ0v) is 16.7. The van der Waals surface area contributed by atoms with E-state index in [0.29, 0.717) is 12.0 Å². The summed E-state index contributed by atoms with van der Waals surface area (Å²) >= 11 is 0. The normalized spacial score (nSPS) is 26.3. The quantitative estimate of drug-likeness (QED) is 0.847. The van der Waals surface area contributed by atoms with Crippen LogP contribution in [0, 0.1) is 0 Å². The Kier molecular flexibility index (Phi) is 6.95. The van der Waals surface area contributed by atoms with E-state index in [4.69, 9.17) is 9.90 Å². The van der Waals surface area contributed by atoms with Gasteiger partial charge in [0.05, 0.1) is 0 Å². The summed E-state index contributed by atoms with van der Waals surface area (Å²) < 4.78 is 0. The molecule has 5 nitrogen and oxygen atoms in total. The number of nitrogens with one attached hydrogen (secondary N) is 1. The maximum absolute atomic E-state index is 9.00. The molecule has 0 amide bonds. The molecule has 2 N–H and O–H groups in total. The smallest absolute Gasteiger partial charge is 0.300 e. The number of carbonyl (C=O) groups is 1. The number of hydrogen-bond acceptors (Lipinski definition) is 4. The second kappa shape index (κ2) is 8.78. The minimum atomic E-state index is -0.833. The fourth-order valence-corrected chi connectivity index (χ4v) is 3.69. The molecule has 2 heterocycles. The first-order chi connectivity index (χ1) is 12.2. The summed E-state index contributed by atoms with van der Waals surface area (Å²) in [6.07, 6.45) is 4.53. The van der Waals surface area contributed by atoms with E-state index >= 15 is 0 Å². The van der Waals surface area contributed by atoms with Gasteiger partial charge in [0.2, 0.25) is 0 Å². The van der Waals surface area contributed by atoms with Crippen LogP contribution in [0.25, 0.3) is 0 Å². The first kappa shape index (κ1) is 20.6. The van der Waals surface area contributed by atoms with Crippen LogP contribution in [-0.4, -0.2) is 47.6 Å². The molecule has 2 aliphatic rings. The van der Waals surface area contributed by atoms with Crippen LogP contribution < -0.4 is 5.32 Å². The van der Waals surface area contributed by atoms with Crippen molar-refractivity contribution in [2.24, 2.45) is 4.99 Å². The zero-order valence-electron chi connectivity index (χ0n) is 16.7. The molecule has 0 saturated carbocycles. The van der Waals surface area contributed by atoms with Crippen LogP contribution in [0.3, 0.4) is 0 Å². The summed E-state index contributed by atoms with van der Waals surface area (Å²) in [5, 5.41) is 10.9. The van der Waals surface area contributed by atoms with E-state index < -0.39 is 5.97 Å². The van der Waals surface area contributed by atoms with Gasteiger partial charge in [-0.1, -0.05) is 45.0 Å². The number of benzene rings is 1. The number of carboxylic acids is 1. The van der Waals surface area contributed by atoms with Gasteiger partial charge in [0.1, 0.15) is 0 Å². The minimum absolute atomic E-state index is 0.183. The third kappa shape index (κ3) is 5.39. The molecule has 26 heavy (non-hydrogen) atoms. The molecule has 0 spiro atoms. The zero-order chi connectivity index (χ0) is 19.3. The second-order valence-corrected chi connectivity index (χ2v) is 8.21. The van der Waals surface area contributed by atoms with Crippen molar-refractivity contribution in [1.29, 1.82) is 0 Å². The van der Waals surface area contributed by atoms with Crippen molar-refractivity contribution in [3.05, 3.63) is 35.4 Å². The maximum Gasteiger partial charge on any atom is 0.300 e. The highest BCUT2D eigenvalue weighted by Gasteiger charge is 2.36. The van der Waals surface area contributed by atoms with Crippen LogP contribution in [0.5, 0.6) is 0 Å². The molecular formula is C21H33N3O2. The summed E-state index contributed by atoms with van der Waals surface area (Å²) in [4.78, 5) is 16.1. The molecule has 5 heteroatoms. The number of nitrogens with zero attached hydrogens (tertiary/aromatic N) is 2. The third-order valence-corrected chi connectivity index (χ3v) is 5.17. The Morgan fingerprint density at radius 2 is 1.88 bits per heavy atom. The largest absolute Gasteiger partial charge is 0.481 e. The van der Waals surface area contributed by atoms with Gasteiger partial charge in [0.25, 0.3) is 5.97 Å². The molecule has 3 rings (SSSR count). The minimum Gasteiger partial charge on any atom is -0.481 e. The fourth-order valence-electron chi connectivity index (χ4n) is 3.69. The van der Waals surface area contributed by atoms with E-state index in [9.17, 15) is 0 Å². The Labute approximate surface area is 157 Å². The molecule has 3 atom stereocenters. The van der Waals surface area contributed by atoms with Gasteiger partial charge in [-0.3, -0.25) is 20.0 Å². The van der Waals surface area contributed by atoms with E-state index in [-0.39, 0.29) is 11.7 Å². The summed E-state index contributed by atoms with van der Waals surface area (Å²) in [6.45, 7) is 12.4. The maximum atomic E-state index is 9.00. The molecule has 0 bridgehead atoms. The first-order valence-electron chi connectivity index (χ1n) is 9.51. The Bertz CT molecular complexity index is 615. The first-order valence-corrected chi connectivity index (χ1v) is 9.51. The van der Waals surface area contributed by atoms with E-state index in [2.05, 4.69) is 73.4 Å². The average molecular weight is 360 g/mol. The molecule has 2 unspecified atom stereocenters. The molecular weight excluding hydrogens is 326 g/mol. The molecule has 0 radical (unpaired) electrons. The fraction of sp³-hybridized carbons (Fsp3) is 0.619. The molecule has 0 aliphatic carbocycles. The molecule has 1 aromatic rings. The van der Waals surface area contributed by atoms with Crippen molar-refractivity contribution in [2.75, 3.05) is 13.1 Å². The monoisotopic (exact) mass is 359 g/mol. The van der Waals surface area contributed by atoms with Gasteiger partial charge >= 0.3 is 0 Å². The van der Waals surface area contributed by atoms with Gasteiger partial charge in [-0.05, 0) is 36.3 Å². The lowest BCUT2D eigenvalue weighted by Crippen LogP contribution is -2.48. The lowest BCUT2D eigenvalue weighted by Gasteiger charge is -2.32. The molecule has 2 aliphatic heterocycles. The highest BCUT2D eigenvalue weighted by Crippen LogP contribution is 2.35. The van der Waals surface area contributed by atoms with E-state index in [1.54, 1.807) is 0 Å². The van der Waals surface area contributed by atoms with E-state index in [1.807, 2.05) is 0 Å². The Morgan fingerprint density at radius 3 is 2.38 bits per heavy atom. The predicted octanol–water partition coefficient (Wildman–Crippen LogP) is 3.60. The van der Waals surface area contributed by atoms with Gasteiger partial charge in [0.15, 0.2) is 6.29 Å². The third-order valence-electron chi connectivity index (χ3n) is 5.17. The number of rotatable bonds is 2. The Hall–Kier alpha value is -1.72. The van der Waals surface area contributed by atoms with Crippen molar-refractivity contribution in [1.82, 2.24) is 10.2 Å². The van der Waals surface area contributed by atoms with Crippen LogP contribution in [0.1, 0.15) is 64.5 Å². The second-order valence-electron chi connectivity index (χ2n) is 8.21. The number of hydrogen-bond donors (Lipinski definition) is 2. The topological polar surface area (TPSA) is 64.9 Å². The Balaban J connectivity index is 0.000000552. The summed E-state index contributed by atoms with van der Waals surface area (Å²) in [5.41, 5.74) is 3.12. The van der Waals surface area contributed by atoms with Crippen molar-refractivity contribution in [2.45, 2.75) is 71.1 Å². The molecule has 1 fully saturated rings. The summed E-state index contributed by atoms with van der Waals surface area (Å²) in [7, 11) is 0. The highest BCUT2D eigenvalue weighted by molar-refractivity contribution is 5.63. The van der Waals surface area contributed by atoms with Crippen molar-refractivity contribution in [3.8, 4) is 0 Å². The van der Waals surface area contributed by atoms with Crippen molar-refractivity contribution >= 4 is 12.2 Å². The number of likely N-dealkylation sites (tertiary alicyclic amines) is 1. The lowest BCUT2D eigenvalue weighted by atomic mass is 9.84.